The minimum absolute atomic E-state index is 0.00856. The summed E-state index contributed by atoms with van der Waals surface area (Å²) in [5.41, 5.74) is 7.22. The first-order valence-electron chi connectivity index (χ1n) is 8.78. The molecule has 0 bridgehead atoms. The standard InChI is InChI=1S/C19H26N4O2/c1-21(2)10-11-22-13-16(15-7-3-4-8-17(15)22)19(25)23-9-5-6-14(12-23)18(20)24/h3-4,7-8,13-14H,5-6,9-12H2,1-2H3,(H2,20,24)/t14-/m0/s1. The highest BCUT2D eigenvalue weighted by atomic mass is 16.2. The van der Waals surface area contributed by atoms with Crippen molar-refractivity contribution in [1.29, 1.82) is 0 Å². The highest BCUT2D eigenvalue weighted by molar-refractivity contribution is 6.07. The maximum absolute atomic E-state index is 13.1. The van der Waals surface area contributed by atoms with Gasteiger partial charge in [0.05, 0.1) is 11.5 Å². The lowest BCUT2D eigenvalue weighted by Gasteiger charge is -2.31. The summed E-state index contributed by atoms with van der Waals surface area (Å²) in [6.07, 6.45) is 3.53. The second-order valence-corrected chi connectivity index (χ2v) is 7.05. The highest BCUT2D eigenvalue weighted by Crippen LogP contribution is 2.25. The Labute approximate surface area is 148 Å². The first kappa shape index (κ1) is 17.5. The number of aromatic nitrogens is 1. The lowest BCUT2D eigenvalue weighted by molar-refractivity contribution is -0.123. The van der Waals surface area contributed by atoms with Crippen LogP contribution in [0.3, 0.4) is 0 Å². The summed E-state index contributed by atoms with van der Waals surface area (Å²) < 4.78 is 2.14. The van der Waals surface area contributed by atoms with E-state index < -0.39 is 0 Å². The van der Waals surface area contributed by atoms with Gasteiger partial charge < -0.3 is 20.1 Å². The van der Waals surface area contributed by atoms with E-state index in [0.717, 1.165) is 36.8 Å². The predicted molar refractivity (Wildman–Crippen MR) is 98.3 cm³/mol. The molecule has 0 saturated carbocycles. The fraction of sp³-hybridized carbons (Fsp3) is 0.474. The molecule has 2 aromatic rings. The maximum Gasteiger partial charge on any atom is 0.256 e. The third-order valence-electron chi connectivity index (χ3n) is 4.92. The smallest absolute Gasteiger partial charge is 0.256 e. The zero-order chi connectivity index (χ0) is 18.0. The Morgan fingerprint density at radius 2 is 2.04 bits per heavy atom. The Kier molecular flexibility index (Phi) is 5.08. The monoisotopic (exact) mass is 342 g/mol. The van der Waals surface area contributed by atoms with Crippen molar-refractivity contribution in [2.24, 2.45) is 11.7 Å². The SMILES string of the molecule is CN(C)CCn1cc(C(=O)N2CCC[C@H](C(N)=O)C2)c2ccccc21. The summed E-state index contributed by atoms with van der Waals surface area (Å²) in [5.74, 6) is -0.559. The number of carbonyl (C=O) groups excluding carboxylic acids is 2. The van der Waals surface area contributed by atoms with Crippen LogP contribution in [0.4, 0.5) is 0 Å². The van der Waals surface area contributed by atoms with Gasteiger partial charge in [0.2, 0.25) is 5.91 Å². The van der Waals surface area contributed by atoms with Crippen molar-refractivity contribution in [2.75, 3.05) is 33.7 Å². The largest absolute Gasteiger partial charge is 0.369 e. The zero-order valence-electron chi connectivity index (χ0n) is 14.9. The first-order valence-corrected chi connectivity index (χ1v) is 8.78. The molecule has 1 fully saturated rings. The molecule has 1 aliphatic rings. The average Bonchev–Trinajstić information content (AvgIpc) is 2.98. The lowest BCUT2D eigenvalue weighted by atomic mass is 9.97. The van der Waals surface area contributed by atoms with Crippen LogP contribution in [0.2, 0.25) is 0 Å². The summed E-state index contributed by atoms with van der Waals surface area (Å²) in [6, 6.07) is 7.99. The van der Waals surface area contributed by atoms with Gasteiger partial charge in [0.25, 0.3) is 5.91 Å². The van der Waals surface area contributed by atoms with E-state index in [9.17, 15) is 9.59 Å². The molecule has 2 N–H and O–H groups in total. The number of primary amides is 1. The summed E-state index contributed by atoms with van der Waals surface area (Å²) in [6.45, 7) is 2.83. The van der Waals surface area contributed by atoms with Crippen LogP contribution in [0.15, 0.2) is 30.5 Å². The number of carbonyl (C=O) groups is 2. The second-order valence-electron chi connectivity index (χ2n) is 7.05. The average molecular weight is 342 g/mol. The van der Waals surface area contributed by atoms with Gasteiger partial charge in [-0.1, -0.05) is 18.2 Å². The minimum atomic E-state index is -0.314. The van der Waals surface area contributed by atoms with Gasteiger partial charge in [0.15, 0.2) is 0 Å². The number of hydrogen-bond acceptors (Lipinski definition) is 3. The Morgan fingerprint density at radius 3 is 2.76 bits per heavy atom. The second kappa shape index (κ2) is 7.27. The lowest BCUT2D eigenvalue weighted by Crippen LogP contribution is -2.44. The van der Waals surface area contributed by atoms with E-state index in [1.807, 2.05) is 44.6 Å². The molecule has 2 heterocycles. The Balaban J connectivity index is 1.89. The van der Waals surface area contributed by atoms with E-state index in [2.05, 4.69) is 9.47 Å². The van der Waals surface area contributed by atoms with E-state index in [-0.39, 0.29) is 17.7 Å². The highest BCUT2D eigenvalue weighted by Gasteiger charge is 2.29. The molecule has 6 nitrogen and oxygen atoms in total. The molecule has 6 heteroatoms. The van der Waals surface area contributed by atoms with Crippen molar-refractivity contribution in [3.8, 4) is 0 Å². The molecule has 2 amide bonds. The minimum Gasteiger partial charge on any atom is -0.369 e. The zero-order valence-corrected chi connectivity index (χ0v) is 14.9. The number of hydrogen-bond donors (Lipinski definition) is 1. The molecule has 1 atom stereocenters. The molecule has 1 aromatic heterocycles. The first-order chi connectivity index (χ1) is 12.0. The molecule has 134 valence electrons. The van der Waals surface area contributed by atoms with Gasteiger partial charge in [-0.05, 0) is 33.0 Å². The number of para-hydroxylation sites is 1. The van der Waals surface area contributed by atoms with E-state index in [1.165, 1.54) is 0 Å². The summed E-state index contributed by atoms with van der Waals surface area (Å²) in [5, 5.41) is 0.965. The Hall–Kier alpha value is -2.34. The van der Waals surface area contributed by atoms with Crippen LogP contribution in [0.25, 0.3) is 10.9 Å². The number of piperidine rings is 1. The van der Waals surface area contributed by atoms with Gasteiger partial charge in [0, 0.05) is 43.3 Å². The molecule has 3 rings (SSSR count). The van der Waals surface area contributed by atoms with Crippen LogP contribution in [0.1, 0.15) is 23.2 Å². The van der Waals surface area contributed by atoms with Crippen LogP contribution >= 0.6 is 0 Å². The number of likely N-dealkylation sites (N-methyl/N-ethyl adjacent to an activating group) is 1. The van der Waals surface area contributed by atoms with Crippen molar-refractivity contribution in [1.82, 2.24) is 14.4 Å². The number of rotatable bonds is 5. The van der Waals surface area contributed by atoms with E-state index in [4.69, 9.17) is 5.73 Å². The van der Waals surface area contributed by atoms with Gasteiger partial charge in [-0.15, -0.1) is 0 Å². The number of nitrogens with two attached hydrogens (primary N) is 1. The molecule has 1 saturated heterocycles. The summed E-state index contributed by atoms with van der Waals surface area (Å²) in [7, 11) is 4.07. The van der Waals surface area contributed by atoms with E-state index in [0.29, 0.717) is 18.7 Å². The molecule has 0 spiro atoms. The quantitative estimate of drug-likeness (QED) is 0.896. The molecule has 1 aromatic carbocycles. The van der Waals surface area contributed by atoms with Gasteiger partial charge in [-0.2, -0.15) is 0 Å². The number of likely N-dealkylation sites (tertiary alicyclic amines) is 1. The number of benzene rings is 1. The van der Waals surface area contributed by atoms with Crippen molar-refractivity contribution < 1.29 is 9.59 Å². The maximum atomic E-state index is 13.1. The van der Waals surface area contributed by atoms with Crippen LogP contribution in [-0.2, 0) is 11.3 Å². The van der Waals surface area contributed by atoms with Gasteiger partial charge >= 0.3 is 0 Å². The van der Waals surface area contributed by atoms with Crippen molar-refractivity contribution in [2.45, 2.75) is 19.4 Å². The van der Waals surface area contributed by atoms with Crippen LogP contribution in [0, 0.1) is 5.92 Å². The van der Waals surface area contributed by atoms with Crippen molar-refractivity contribution in [3.05, 3.63) is 36.0 Å². The fourth-order valence-corrected chi connectivity index (χ4v) is 3.47. The predicted octanol–water partition coefficient (Wildman–Crippen LogP) is 1.54. The van der Waals surface area contributed by atoms with Crippen LogP contribution in [0.5, 0.6) is 0 Å². The third-order valence-corrected chi connectivity index (χ3v) is 4.92. The number of amides is 2. The molecule has 0 radical (unpaired) electrons. The number of fused-ring (bicyclic) bond motifs is 1. The van der Waals surface area contributed by atoms with Crippen molar-refractivity contribution >= 4 is 22.7 Å². The molecule has 0 unspecified atom stereocenters. The Bertz CT molecular complexity index is 781. The fourth-order valence-electron chi connectivity index (χ4n) is 3.47. The normalized spacial score (nSPS) is 18.0. The summed E-state index contributed by atoms with van der Waals surface area (Å²) in [4.78, 5) is 28.5. The Morgan fingerprint density at radius 1 is 1.28 bits per heavy atom. The van der Waals surface area contributed by atoms with Gasteiger partial charge in [-0.3, -0.25) is 9.59 Å². The molecular formula is C19H26N4O2. The third kappa shape index (κ3) is 3.69. The topological polar surface area (TPSA) is 71.6 Å². The van der Waals surface area contributed by atoms with Crippen LogP contribution < -0.4 is 5.73 Å². The number of nitrogens with zero attached hydrogens (tertiary/aromatic N) is 3. The molecule has 0 aliphatic carbocycles. The van der Waals surface area contributed by atoms with Crippen molar-refractivity contribution in [3.63, 3.8) is 0 Å². The van der Waals surface area contributed by atoms with E-state index in [1.54, 1.807) is 4.90 Å². The summed E-state index contributed by atoms with van der Waals surface area (Å²) >= 11 is 0. The molecule has 1 aliphatic heterocycles. The van der Waals surface area contributed by atoms with Gasteiger partial charge in [0.1, 0.15) is 0 Å². The molecule has 25 heavy (non-hydrogen) atoms. The van der Waals surface area contributed by atoms with Crippen LogP contribution in [-0.4, -0.2) is 59.9 Å². The van der Waals surface area contributed by atoms with Gasteiger partial charge in [-0.25, -0.2) is 0 Å². The van der Waals surface area contributed by atoms with E-state index >= 15 is 0 Å². The molecular weight excluding hydrogens is 316 g/mol.